The molecular formula is C38H44N4O4S4. The number of rotatable bonds is 12. The van der Waals surface area contributed by atoms with E-state index in [0.29, 0.717) is 69.1 Å². The van der Waals surface area contributed by atoms with Gasteiger partial charge in [0.2, 0.25) is 11.8 Å². The second-order valence-electron chi connectivity index (χ2n) is 13.5. The Kier molecular flexibility index (Phi) is 12.8. The summed E-state index contributed by atoms with van der Waals surface area (Å²) in [7, 11) is 0. The molecule has 0 bridgehead atoms. The molecule has 8 nitrogen and oxygen atoms in total. The molecule has 0 N–H and O–H groups in total. The molecular weight excluding hydrogens is 705 g/mol. The standard InChI is InChI=1S/C38H44N4O4S4/c43-31(39-21-15-29(16-22-39)25-27-9-3-1-4-10-27)13-7-19-41-35(45)33(49-37(41)47)34-36(46)42(38(48)50-34)20-8-14-32(44)40-23-17-30(18-24-40)26-28-11-5-2-6-12-28/h1-6,9-12,29-30H,7-8,13-26H2/b34-33+. The quantitative estimate of drug-likeness (QED) is 0.181. The average Bonchev–Trinajstić information content (AvgIpc) is 3.57. The number of piperidine rings is 2. The number of hydrogen-bond acceptors (Lipinski definition) is 8. The Hall–Kier alpha value is -3.06. The lowest BCUT2D eigenvalue weighted by Gasteiger charge is -2.32. The van der Waals surface area contributed by atoms with Crippen LogP contribution in [0.1, 0.15) is 62.5 Å². The lowest BCUT2D eigenvalue weighted by molar-refractivity contribution is -0.133. The van der Waals surface area contributed by atoms with E-state index in [1.165, 1.54) is 20.9 Å². The van der Waals surface area contributed by atoms with Crippen molar-refractivity contribution in [2.75, 3.05) is 39.3 Å². The van der Waals surface area contributed by atoms with Crippen molar-refractivity contribution in [1.29, 1.82) is 0 Å². The summed E-state index contributed by atoms with van der Waals surface area (Å²) in [5, 5.41) is 0. The van der Waals surface area contributed by atoms with Crippen molar-refractivity contribution in [3.8, 4) is 0 Å². The fourth-order valence-electron chi connectivity index (χ4n) is 7.22. The highest BCUT2D eigenvalue weighted by Crippen LogP contribution is 2.42. The van der Waals surface area contributed by atoms with Crippen molar-refractivity contribution in [1.82, 2.24) is 19.6 Å². The smallest absolute Gasteiger partial charge is 0.267 e. The molecule has 0 spiro atoms. The van der Waals surface area contributed by atoms with Gasteiger partial charge in [0.15, 0.2) is 0 Å². The van der Waals surface area contributed by atoms with Crippen LogP contribution in [-0.2, 0) is 32.0 Å². The summed E-state index contributed by atoms with van der Waals surface area (Å²) in [5.41, 5.74) is 2.69. The minimum Gasteiger partial charge on any atom is -0.343 e. The van der Waals surface area contributed by atoms with Crippen LogP contribution in [-0.4, -0.2) is 91.1 Å². The number of amides is 4. The zero-order valence-corrected chi connectivity index (χ0v) is 31.6. The molecule has 4 aliphatic rings. The summed E-state index contributed by atoms with van der Waals surface area (Å²) in [5.74, 6) is 0.790. The van der Waals surface area contributed by atoms with Gasteiger partial charge in [-0.2, -0.15) is 0 Å². The third-order valence-electron chi connectivity index (χ3n) is 10.1. The van der Waals surface area contributed by atoms with Crippen LogP contribution in [0.15, 0.2) is 70.5 Å². The molecule has 4 aliphatic heterocycles. The Balaban J connectivity index is 0.913. The second kappa shape index (κ2) is 17.4. The van der Waals surface area contributed by atoms with Crippen molar-refractivity contribution in [2.45, 2.75) is 64.2 Å². The molecule has 4 fully saturated rings. The van der Waals surface area contributed by atoms with Crippen LogP contribution < -0.4 is 0 Å². The second-order valence-corrected chi connectivity index (χ2v) is 16.8. The summed E-state index contributed by atoms with van der Waals surface area (Å²) in [6, 6.07) is 21.0. The van der Waals surface area contributed by atoms with Crippen molar-refractivity contribution >= 4 is 80.2 Å². The van der Waals surface area contributed by atoms with E-state index in [0.717, 1.165) is 88.2 Å². The topological polar surface area (TPSA) is 81.2 Å². The van der Waals surface area contributed by atoms with Crippen LogP contribution in [0.4, 0.5) is 0 Å². The highest BCUT2D eigenvalue weighted by molar-refractivity contribution is 8.29. The van der Waals surface area contributed by atoms with Crippen LogP contribution >= 0.6 is 48.0 Å². The molecule has 0 aromatic heterocycles. The van der Waals surface area contributed by atoms with Gasteiger partial charge in [0.05, 0.1) is 9.81 Å². The summed E-state index contributed by atoms with van der Waals surface area (Å²) in [4.78, 5) is 60.3. The Labute approximate surface area is 314 Å². The molecule has 50 heavy (non-hydrogen) atoms. The van der Waals surface area contributed by atoms with Crippen LogP contribution in [0, 0.1) is 11.8 Å². The molecule has 0 saturated carbocycles. The molecule has 4 heterocycles. The van der Waals surface area contributed by atoms with E-state index in [2.05, 4.69) is 48.5 Å². The number of carbonyl (C=O) groups is 4. The molecule has 12 heteroatoms. The van der Waals surface area contributed by atoms with Crippen LogP contribution in [0.5, 0.6) is 0 Å². The molecule has 0 aliphatic carbocycles. The number of likely N-dealkylation sites (tertiary alicyclic amines) is 2. The number of benzene rings is 2. The fourth-order valence-corrected chi connectivity index (χ4v) is 9.99. The summed E-state index contributed by atoms with van der Waals surface area (Å²) in [6.07, 6.45) is 7.79. The monoisotopic (exact) mass is 748 g/mol. The van der Waals surface area contributed by atoms with Gasteiger partial charge in [-0.05, 0) is 74.3 Å². The van der Waals surface area contributed by atoms with Gasteiger partial charge >= 0.3 is 0 Å². The van der Waals surface area contributed by atoms with Gasteiger partial charge in [0.1, 0.15) is 8.64 Å². The maximum atomic E-state index is 13.4. The maximum Gasteiger partial charge on any atom is 0.267 e. The van der Waals surface area contributed by atoms with E-state index in [9.17, 15) is 19.2 Å². The van der Waals surface area contributed by atoms with E-state index in [1.54, 1.807) is 0 Å². The van der Waals surface area contributed by atoms with Crippen molar-refractivity contribution in [2.24, 2.45) is 11.8 Å². The van der Waals surface area contributed by atoms with Crippen LogP contribution in [0.2, 0.25) is 0 Å². The predicted octanol–water partition coefficient (Wildman–Crippen LogP) is 6.44. The minimum absolute atomic E-state index is 0.112. The lowest BCUT2D eigenvalue weighted by atomic mass is 9.90. The molecule has 6 rings (SSSR count). The predicted molar refractivity (Wildman–Crippen MR) is 208 cm³/mol. The van der Waals surface area contributed by atoms with Gasteiger partial charge in [-0.3, -0.25) is 29.0 Å². The Morgan fingerprint density at radius 3 is 1.32 bits per heavy atom. The SMILES string of the molecule is O=C(CCCN1C(=O)/C(=C2\SC(=S)N(CCCC(=O)N3CCC(Cc4ccccc4)CC3)C2=O)SC1=S)N1CCC(Cc2ccccc2)CC1. The normalized spacial score (nSPS) is 20.8. The first-order valence-electron chi connectivity index (χ1n) is 17.7. The van der Waals surface area contributed by atoms with Gasteiger partial charge in [-0.25, -0.2) is 0 Å². The highest BCUT2D eigenvalue weighted by Gasteiger charge is 2.42. The maximum absolute atomic E-state index is 13.4. The van der Waals surface area contributed by atoms with E-state index in [1.807, 2.05) is 21.9 Å². The average molecular weight is 749 g/mol. The van der Waals surface area contributed by atoms with Gasteiger partial charge < -0.3 is 9.80 Å². The first kappa shape index (κ1) is 36.7. The fraction of sp³-hybridized carbons (Fsp3) is 0.474. The zero-order chi connectivity index (χ0) is 35.0. The molecule has 2 aromatic carbocycles. The number of hydrogen-bond donors (Lipinski definition) is 0. The van der Waals surface area contributed by atoms with Crippen molar-refractivity contribution in [3.05, 3.63) is 81.6 Å². The van der Waals surface area contributed by atoms with Gasteiger partial charge in [0, 0.05) is 52.1 Å². The highest BCUT2D eigenvalue weighted by atomic mass is 32.2. The number of thiocarbonyl (C=S) groups is 2. The van der Waals surface area contributed by atoms with Gasteiger partial charge in [-0.1, -0.05) is 109 Å². The molecule has 264 valence electrons. The Morgan fingerprint density at radius 2 is 0.960 bits per heavy atom. The third-order valence-corrected chi connectivity index (χ3v) is 13.1. The molecule has 4 saturated heterocycles. The zero-order valence-electron chi connectivity index (χ0n) is 28.3. The molecule has 0 unspecified atom stereocenters. The summed E-state index contributed by atoms with van der Waals surface area (Å²) >= 11 is 13.3. The Bertz CT molecular complexity index is 1500. The Morgan fingerprint density at radius 1 is 0.600 bits per heavy atom. The summed E-state index contributed by atoms with van der Waals surface area (Å²) in [6.45, 7) is 3.72. The molecule has 4 amide bonds. The van der Waals surface area contributed by atoms with Crippen LogP contribution in [0.25, 0.3) is 0 Å². The van der Waals surface area contributed by atoms with E-state index in [-0.39, 0.29) is 23.6 Å². The van der Waals surface area contributed by atoms with Crippen molar-refractivity contribution < 1.29 is 19.2 Å². The van der Waals surface area contributed by atoms with Crippen molar-refractivity contribution in [3.63, 3.8) is 0 Å². The minimum atomic E-state index is -0.305. The lowest BCUT2D eigenvalue weighted by Crippen LogP contribution is -2.39. The van der Waals surface area contributed by atoms with Gasteiger partial charge in [0.25, 0.3) is 11.8 Å². The van der Waals surface area contributed by atoms with E-state index >= 15 is 0 Å². The van der Waals surface area contributed by atoms with Crippen LogP contribution in [0.3, 0.4) is 0 Å². The molecule has 2 aromatic rings. The first-order valence-corrected chi connectivity index (χ1v) is 20.2. The number of thioether (sulfide) groups is 2. The number of carbonyl (C=O) groups excluding carboxylic acids is 4. The number of nitrogens with zero attached hydrogens (tertiary/aromatic N) is 4. The van der Waals surface area contributed by atoms with E-state index < -0.39 is 0 Å². The third kappa shape index (κ3) is 9.23. The summed E-state index contributed by atoms with van der Waals surface area (Å²) < 4.78 is 0.783. The van der Waals surface area contributed by atoms with E-state index in [4.69, 9.17) is 24.4 Å². The molecule has 0 radical (unpaired) electrons. The molecule has 0 atom stereocenters. The van der Waals surface area contributed by atoms with Gasteiger partial charge in [-0.15, -0.1) is 0 Å². The largest absolute Gasteiger partial charge is 0.343 e. The first-order chi connectivity index (χ1) is 24.3.